The minimum absolute atomic E-state index is 0.176. The van der Waals surface area contributed by atoms with Crippen LogP contribution in [0.3, 0.4) is 0 Å². The predicted octanol–water partition coefficient (Wildman–Crippen LogP) is 3.44. The highest BCUT2D eigenvalue weighted by molar-refractivity contribution is 5.97. The molecule has 8 nitrogen and oxygen atoms in total. The maximum absolute atomic E-state index is 12.4. The van der Waals surface area contributed by atoms with Crippen molar-refractivity contribution in [2.24, 2.45) is 0 Å². The largest absolute Gasteiger partial charge is 0.497 e. The van der Waals surface area contributed by atoms with Gasteiger partial charge in [0, 0.05) is 25.2 Å². The molecule has 0 radical (unpaired) electrons. The number of benzene rings is 2. The van der Waals surface area contributed by atoms with Crippen LogP contribution >= 0.6 is 0 Å². The van der Waals surface area contributed by atoms with Gasteiger partial charge < -0.3 is 29.6 Å². The summed E-state index contributed by atoms with van der Waals surface area (Å²) in [6.45, 7) is 1.15. The smallest absolute Gasteiger partial charge is 0.255 e. The van der Waals surface area contributed by atoms with E-state index in [2.05, 4.69) is 10.6 Å². The molecule has 2 amide bonds. The summed E-state index contributed by atoms with van der Waals surface area (Å²) < 4.78 is 20.8. The zero-order valence-electron chi connectivity index (χ0n) is 19.2. The molecular weight excluding hydrogens is 412 g/mol. The van der Waals surface area contributed by atoms with E-state index in [1.807, 2.05) is 0 Å². The van der Waals surface area contributed by atoms with Crippen molar-refractivity contribution in [2.75, 3.05) is 41.5 Å². The van der Waals surface area contributed by atoms with Gasteiger partial charge in [-0.15, -0.1) is 0 Å². The molecule has 0 saturated heterocycles. The normalized spacial score (nSPS) is 10.2. The number of hydrogen-bond donors (Lipinski definition) is 2. The molecule has 2 rings (SSSR count). The zero-order chi connectivity index (χ0) is 23.3. The lowest BCUT2D eigenvalue weighted by Gasteiger charge is -2.11. The highest BCUT2D eigenvalue weighted by atomic mass is 16.5. The van der Waals surface area contributed by atoms with Crippen molar-refractivity contribution in [1.82, 2.24) is 10.6 Å². The molecule has 0 unspecified atom stereocenters. The standard InChI is InChI=1S/C24H32N2O6/c1-29-17-9-11-19(21(15-17)31-3)23(27)25-13-7-5-6-8-14-26-24(28)20-12-10-18(30-2)16-22(20)32-4/h9-12,15-16H,5-8,13-14H2,1-4H3,(H,25,27)(H,26,28). The van der Waals surface area contributed by atoms with Gasteiger partial charge >= 0.3 is 0 Å². The molecule has 0 saturated carbocycles. The minimum atomic E-state index is -0.176. The number of nitrogens with one attached hydrogen (secondary N) is 2. The number of carbonyl (C=O) groups excluding carboxylic acids is 2. The molecule has 0 bridgehead atoms. The molecule has 0 heterocycles. The maximum Gasteiger partial charge on any atom is 0.255 e. The SMILES string of the molecule is COc1ccc(C(=O)NCCCCCCNC(=O)c2ccc(OC)cc2OC)c(OC)c1. The second kappa shape index (κ2) is 13.1. The Morgan fingerprint density at radius 1 is 0.625 bits per heavy atom. The summed E-state index contributed by atoms with van der Waals surface area (Å²) in [5.74, 6) is 1.87. The first kappa shape index (κ1) is 24.8. The highest BCUT2D eigenvalue weighted by Gasteiger charge is 2.14. The first-order valence-electron chi connectivity index (χ1n) is 10.5. The fourth-order valence-corrected chi connectivity index (χ4v) is 3.17. The van der Waals surface area contributed by atoms with Gasteiger partial charge in [-0.1, -0.05) is 12.8 Å². The number of unbranched alkanes of at least 4 members (excludes halogenated alkanes) is 3. The van der Waals surface area contributed by atoms with E-state index in [9.17, 15) is 9.59 Å². The van der Waals surface area contributed by atoms with Gasteiger partial charge in [0.1, 0.15) is 23.0 Å². The van der Waals surface area contributed by atoms with Gasteiger partial charge in [0.2, 0.25) is 0 Å². The van der Waals surface area contributed by atoms with Crippen molar-refractivity contribution < 1.29 is 28.5 Å². The number of methoxy groups -OCH3 is 4. The van der Waals surface area contributed by atoms with Crippen LogP contribution < -0.4 is 29.6 Å². The number of hydrogen-bond acceptors (Lipinski definition) is 6. The van der Waals surface area contributed by atoms with Gasteiger partial charge in [0.25, 0.3) is 11.8 Å². The summed E-state index contributed by atoms with van der Waals surface area (Å²) in [6.07, 6.45) is 3.60. The summed E-state index contributed by atoms with van der Waals surface area (Å²) >= 11 is 0. The highest BCUT2D eigenvalue weighted by Crippen LogP contribution is 2.25. The Hall–Kier alpha value is -3.42. The Balaban J connectivity index is 1.65. The lowest BCUT2D eigenvalue weighted by Crippen LogP contribution is -2.25. The molecular formula is C24H32N2O6. The van der Waals surface area contributed by atoms with E-state index in [0.29, 0.717) is 47.2 Å². The van der Waals surface area contributed by atoms with Crippen LogP contribution in [0.5, 0.6) is 23.0 Å². The molecule has 32 heavy (non-hydrogen) atoms. The number of amides is 2. The Morgan fingerprint density at radius 3 is 1.38 bits per heavy atom. The Kier molecular flexibility index (Phi) is 10.2. The number of rotatable bonds is 13. The zero-order valence-corrected chi connectivity index (χ0v) is 19.2. The molecule has 0 aliphatic rings. The summed E-state index contributed by atoms with van der Waals surface area (Å²) in [4.78, 5) is 24.7. The monoisotopic (exact) mass is 444 g/mol. The molecule has 0 aromatic heterocycles. The van der Waals surface area contributed by atoms with E-state index < -0.39 is 0 Å². The predicted molar refractivity (Wildman–Crippen MR) is 122 cm³/mol. The van der Waals surface area contributed by atoms with Gasteiger partial charge in [-0.25, -0.2) is 0 Å². The van der Waals surface area contributed by atoms with Gasteiger partial charge in [-0.05, 0) is 37.1 Å². The molecule has 0 spiro atoms. The molecule has 0 aliphatic heterocycles. The molecule has 0 fully saturated rings. The average Bonchev–Trinajstić information content (AvgIpc) is 2.84. The molecule has 0 aliphatic carbocycles. The van der Waals surface area contributed by atoms with Crippen LogP contribution in [0.15, 0.2) is 36.4 Å². The maximum atomic E-state index is 12.4. The van der Waals surface area contributed by atoms with E-state index in [4.69, 9.17) is 18.9 Å². The van der Waals surface area contributed by atoms with Crippen molar-refractivity contribution in [1.29, 1.82) is 0 Å². The van der Waals surface area contributed by atoms with Crippen molar-refractivity contribution in [2.45, 2.75) is 25.7 Å². The Morgan fingerprint density at radius 2 is 1.03 bits per heavy atom. The third kappa shape index (κ3) is 7.08. The van der Waals surface area contributed by atoms with Crippen LogP contribution in [0.2, 0.25) is 0 Å². The summed E-state index contributed by atoms with van der Waals surface area (Å²) in [6, 6.07) is 10.2. The first-order valence-corrected chi connectivity index (χ1v) is 10.5. The van der Waals surface area contributed by atoms with Crippen molar-refractivity contribution in [3.63, 3.8) is 0 Å². The molecule has 2 N–H and O–H groups in total. The Bertz CT molecular complexity index is 827. The van der Waals surface area contributed by atoms with Crippen molar-refractivity contribution in [3.05, 3.63) is 47.5 Å². The van der Waals surface area contributed by atoms with Gasteiger partial charge in [-0.3, -0.25) is 9.59 Å². The fraction of sp³-hybridized carbons (Fsp3) is 0.417. The van der Waals surface area contributed by atoms with Crippen molar-refractivity contribution in [3.8, 4) is 23.0 Å². The second-order valence-electron chi connectivity index (χ2n) is 7.06. The fourth-order valence-electron chi connectivity index (χ4n) is 3.17. The van der Waals surface area contributed by atoms with E-state index in [1.165, 1.54) is 14.2 Å². The van der Waals surface area contributed by atoms with Crippen LogP contribution in [-0.2, 0) is 0 Å². The lowest BCUT2D eigenvalue weighted by molar-refractivity contribution is 0.0940. The summed E-state index contributed by atoms with van der Waals surface area (Å²) in [5, 5.41) is 5.82. The molecule has 0 atom stereocenters. The topological polar surface area (TPSA) is 95.1 Å². The van der Waals surface area contributed by atoms with Crippen LogP contribution in [0.4, 0.5) is 0 Å². The Labute approximate surface area is 189 Å². The van der Waals surface area contributed by atoms with E-state index >= 15 is 0 Å². The second-order valence-corrected chi connectivity index (χ2v) is 7.06. The van der Waals surface area contributed by atoms with Crippen molar-refractivity contribution >= 4 is 11.8 Å². The number of carbonyl (C=O) groups is 2. The lowest BCUT2D eigenvalue weighted by atomic mass is 10.1. The summed E-state index contributed by atoms with van der Waals surface area (Å²) in [5.41, 5.74) is 0.954. The third-order valence-electron chi connectivity index (χ3n) is 4.98. The van der Waals surface area contributed by atoms with Crippen LogP contribution in [0, 0.1) is 0 Å². The van der Waals surface area contributed by atoms with Crippen LogP contribution in [0.25, 0.3) is 0 Å². The van der Waals surface area contributed by atoms with Gasteiger partial charge in [0.15, 0.2) is 0 Å². The third-order valence-corrected chi connectivity index (χ3v) is 4.98. The average molecular weight is 445 g/mol. The molecule has 2 aromatic carbocycles. The molecule has 8 heteroatoms. The van der Waals surface area contributed by atoms with Crippen LogP contribution in [0.1, 0.15) is 46.4 Å². The van der Waals surface area contributed by atoms with E-state index in [-0.39, 0.29) is 11.8 Å². The molecule has 174 valence electrons. The van der Waals surface area contributed by atoms with E-state index in [0.717, 1.165) is 25.7 Å². The summed E-state index contributed by atoms with van der Waals surface area (Å²) in [7, 11) is 6.18. The molecule has 2 aromatic rings. The quantitative estimate of drug-likeness (QED) is 0.460. The van der Waals surface area contributed by atoms with Gasteiger partial charge in [-0.2, -0.15) is 0 Å². The number of ether oxygens (including phenoxy) is 4. The minimum Gasteiger partial charge on any atom is -0.497 e. The van der Waals surface area contributed by atoms with Crippen LogP contribution in [-0.4, -0.2) is 53.3 Å². The van der Waals surface area contributed by atoms with E-state index in [1.54, 1.807) is 50.6 Å². The first-order chi connectivity index (χ1) is 15.5. The van der Waals surface area contributed by atoms with Gasteiger partial charge in [0.05, 0.1) is 39.6 Å².